The normalized spacial score (nSPS) is 11.5. The molecule has 0 bridgehead atoms. The van der Waals surface area contributed by atoms with Crippen LogP contribution in [0.5, 0.6) is 5.75 Å². The summed E-state index contributed by atoms with van der Waals surface area (Å²) in [6, 6.07) is 26.3. The van der Waals surface area contributed by atoms with Crippen LogP contribution in [0.3, 0.4) is 0 Å². The lowest BCUT2D eigenvalue weighted by Crippen LogP contribution is -2.50. The Morgan fingerprint density at radius 3 is 1.93 bits per heavy atom. The minimum absolute atomic E-state index is 0.0906. The third-order valence-corrected chi connectivity index (χ3v) is 8.50. The number of urea groups is 1. The van der Waals surface area contributed by atoms with E-state index in [-0.39, 0.29) is 24.8 Å². The van der Waals surface area contributed by atoms with Gasteiger partial charge in [0.15, 0.2) is 0 Å². The first-order chi connectivity index (χ1) is 27.0. The van der Waals surface area contributed by atoms with E-state index in [2.05, 4.69) is 25.1 Å². The highest BCUT2D eigenvalue weighted by molar-refractivity contribution is 6.30. The van der Waals surface area contributed by atoms with Crippen molar-refractivity contribution in [1.29, 1.82) is 0 Å². The van der Waals surface area contributed by atoms with Crippen LogP contribution in [-0.4, -0.2) is 51.9 Å². The molecule has 0 aliphatic heterocycles. The number of rotatable bonds is 13. The van der Waals surface area contributed by atoms with Crippen molar-refractivity contribution in [3.8, 4) is 5.75 Å². The molecule has 4 N–H and O–H groups in total. The SMILES string of the molecule is CC(C)OC(=O)c1ccc(NC(=O)N[C@@H](Cc2ccc(O)cc2)C(=O)NCc2n(Cc3ccc(Cl)cc3)cc[n+]2Cc2ccc(Cl)cc2)cc1.O=C([O-])C(F)(F)F. The second-order valence-electron chi connectivity index (χ2n) is 12.8. The number of hydrogen-bond donors (Lipinski definition) is 4. The van der Waals surface area contributed by atoms with E-state index in [1.807, 2.05) is 60.9 Å². The van der Waals surface area contributed by atoms with Crippen LogP contribution in [0.2, 0.25) is 10.0 Å². The van der Waals surface area contributed by atoms with Crippen LogP contribution in [0, 0.1) is 0 Å². The number of aliphatic carboxylic acids is 1. The van der Waals surface area contributed by atoms with Crippen molar-refractivity contribution in [2.45, 2.75) is 58.2 Å². The summed E-state index contributed by atoms with van der Waals surface area (Å²) in [6.45, 7) is 4.78. The second-order valence-corrected chi connectivity index (χ2v) is 13.7. The standard InChI is InChI=1S/C38H37Cl2N5O5.C2HF3O2/c1-25(2)50-37(48)29-9-15-32(16-10-29)42-38(49)43-34(21-26-7-17-33(46)18-8-26)36(47)41-22-35-44(23-27-3-11-30(39)12-4-27)19-20-45(35)24-28-5-13-31(40)14-6-28;3-2(4,5)1(6)7/h3-20,25,34H,21-24H2,1-2H3,(H3-,41,42,43,46,47,48,49);(H,6,7)/t34-;/m0./s1. The Morgan fingerprint density at radius 2 is 1.39 bits per heavy atom. The van der Waals surface area contributed by atoms with Gasteiger partial charge in [-0.1, -0.05) is 59.6 Å². The first-order valence-corrected chi connectivity index (χ1v) is 18.0. The lowest BCUT2D eigenvalue weighted by molar-refractivity contribution is -0.695. The molecule has 0 radical (unpaired) electrons. The van der Waals surface area contributed by atoms with E-state index >= 15 is 0 Å². The fraction of sp³-hybridized carbons (Fsp3) is 0.225. The summed E-state index contributed by atoms with van der Waals surface area (Å²) in [5.41, 5.74) is 3.58. The van der Waals surface area contributed by atoms with Crippen LogP contribution in [0.15, 0.2) is 109 Å². The van der Waals surface area contributed by atoms with Gasteiger partial charge in [0.05, 0.1) is 11.7 Å². The number of nitrogens with zero attached hydrogens (tertiary/aromatic N) is 2. The van der Waals surface area contributed by atoms with Crippen molar-refractivity contribution >= 4 is 52.8 Å². The van der Waals surface area contributed by atoms with Crippen molar-refractivity contribution in [3.05, 3.63) is 148 Å². The van der Waals surface area contributed by atoms with Gasteiger partial charge in [-0.3, -0.25) is 4.79 Å². The lowest BCUT2D eigenvalue weighted by Gasteiger charge is -2.19. The molecule has 0 saturated heterocycles. The molecule has 4 aromatic carbocycles. The summed E-state index contributed by atoms with van der Waals surface area (Å²) in [7, 11) is 0. The van der Waals surface area contributed by atoms with E-state index < -0.39 is 36.1 Å². The van der Waals surface area contributed by atoms with Crippen molar-refractivity contribution in [1.82, 2.24) is 15.2 Å². The number of hydrogen-bond acceptors (Lipinski definition) is 7. The minimum atomic E-state index is -5.19. The molecule has 12 nitrogen and oxygen atoms in total. The molecular weight excluding hydrogens is 790 g/mol. The number of carbonyl (C=O) groups is 4. The van der Waals surface area contributed by atoms with Gasteiger partial charge in [0.25, 0.3) is 5.82 Å². The zero-order valence-corrected chi connectivity index (χ0v) is 32.1. The molecule has 57 heavy (non-hydrogen) atoms. The highest BCUT2D eigenvalue weighted by Crippen LogP contribution is 2.16. The molecule has 0 unspecified atom stereocenters. The van der Waals surface area contributed by atoms with E-state index in [0.717, 1.165) is 22.5 Å². The third kappa shape index (κ3) is 14.2. The minimum Gasteiger partial charge on any atom is -0.542 e. The summed E-state index contributed by atoms with van der Waals surface area (Å²) in [5.74, 6) is -2.96. The molecule has 1 heterocycles. The topological polar surface area (TPSA) is 166 Å². The quantitative estimate of drug-likeness (QED) is 0.0861. The number of amides is 3. The fourth-order valence-electron chi connectivity index (χ4n) is 5.23. The Labute approximate surface area is 335 Å². The van der Waals surface area contributed by atoms with E-state index in [4.69, 9.17) is 37.8 Å². The van der Waals surface area contributed by atoms with Gasteiger partial charge in [0.2, 0.25) is 5.91 Å². The Balaban J connectivity index is 0.000000940. The number of phenolic OH excluding ortho intramolecular Hbond substituents is 1. The number of phenols is 1. The molecule has 5 aromatic rings. The van der Waals surface area contributed by atoms with Gasteiger partial charge in [-0.25, -0.2) is 18.7 Å². The number of anilines is 1. The average Bonchev–Trinajstić information content (AvgIpc) is 3.52. The van der Waals surface area contributed by atoms with E-state index in [9.17, 15) is 32.7 Å². The van der Waals surface area contributed by atoms with Crippen molar-refractivity contribution in [3.63, 3.8) is 0 Å². The molecule has 1 aromatic heterocycles. The van der Waals surface area contributed by atoms with Crippen LogP contribution in [-0.2, 0) is 40.4 Å². The van der Waals surface area contributed by atoms with Gasteiger partial charge in [-0.15, -0.1) is 0 Å². The first kappa shape index (κ1) is 43.7. The summed E-state index contributed by atoms with van der Waals surface area (Å²) in [5, 5.41) is 28.4. The predicted molar refractivity (Wildman–Crippen MR) is 203 cm³/mol. The first-order valence-electron chi connectivity index (χ1n) is 17.3. The molecule has 300 valence electrons. The molecule has 0 saturated carbocycles. The summed E-state index contributed by atoms with van der Waals surface area (Å²) >= 11 is 12.2. The van der Waals surface area contributed by atoms with E-state index in [0.29, 0.717) is 34.4 Å². The van der Waals surface area contributed by atoms with Gasteiger partial charge < -0.3 is 35.7 Å². The van der Waals surface area contributed by atoms with Gasteiger partial charge in [0, 0.05) is 22.2 Å². The largest absolute Gasteiger partial charge is 0.542 e. The number of halogens is 5. The summed E-state index contributed by atoms with van der Waals surface area (Å²) in [4.78, 5) is 48.0. The number of ether oxygens (including phenoxy) is 1. The van der Waals surface area contributed by atoms with Crippen LogP contribution in [0.1, 0.15) is 46.7 Å². The van der Waals surface area contributed by atoms with Gasteiger partial charge in [-0.05, 0) is 91.2 Å². The number of carbonyl (C=O) groups excluding carboxylic acids is 4. The predicted octanol–water partition coefficient (Wildman–Crippen LogP) is 5.80. The lowest BCUT2D eigenvalue weighted by atomic mass is 10.1. The molecule has 3 amide bonds. The monoisotopic (exact) mass is 827 g/mol. The van der Waals surface area contributed by atoms with E-state index in [1.54, 1.807) is 50.2 Å². The van der Waals surface area contributed by atoms with E-state index in [1.165, 1.54) is 12.1 Å². The Hall–Kier alpha value is -6.06. The zero-order valence-electron chi connectivity index (χ0n) is 30.6. The molecule has 1 atom stereocenters. The molecule has 0 spiro atoms. The molecule has 0 fully saturated rings. The number of nitrogens with one attached hydrogen (secondary N) is 3. The van der Waals surface area contributed by atoms with Crippen molar-refractivity contribution in [2.24, 2.45) is 0 Å². The van der Waals surface area contributed by atoms with Crippen molar-refractivity contribution in [2.75, 3.05) is 5.32 Å². The average molecular weight is 829 g/mol. The Kier molecular flexibility index (Phi) is 15.5. The Morgan fingerprint density at radius 1 is 0.842 bits per heavy atom. The van der Waals surface area contributed by atoms with Crippen molar-refractivity contribution < 1.29 is 51.9 Å². The van der Waals surface area contributed by atoms with Gasteiger partial charge in [-0.2, -0.15) is 13.2 Å². The maximum Gasteiger partial charge on any atom is 0.430 e. The number of alkyl halides is 3. The Bertz CT molecular complexity index is 2060. The van der Waals surface area contributed by atoms with Crippen LogP contribution in [0.4, 0.5) is 23.7 Å². The maximum atomic E-state index is 13.8. The summed E-state index contributed by atoms with van der Waals surface area (Å²) < 4.78 is 40.9. The molecular formula is C40H38Cl2F3N5O7. The zero-order chi connectivity index (χ0) is 41.7. The van der Waals surface area contributed by atoms with Gasteiger partial charge >= 0.3 is 18.2 Å². The third-order valence-electron chi connectivity index (χ3n) is 7.99. The number of aromatic hydroxyl groups is 1. The number of benzene rings is 4. The van der Waals surface area contributed by atoms with Gasteiger partial charge in [0.1, 0.15) is 49.8 Å². The molecule has 0 aliphatic carbocycles. The van der Waals surface area contributed by atoms with Crippen LogP contribution in [0.25, 0.3) is 0 Å². The molecule has 17 heteroatoms. The highest BCUT2D eigenvalue weighted by atomic mass is 35.5. The van der Waals surface area contributed by atoms with Crippen LogP contribution < -0.4 is 25.6 Å². The fourth-order valence-corrected chi connectivity index (χ4v) is 5.48. The smallest absolute Gasteiger partial charge is 0.430 e. The number of imidazole rings is 1. The second kappa shape index (κ2) is 20.2. The maximum absolute atomic E-state index is 13.8. The molecule has 0 aliphatic rings. The molecule has 5 rings (SSSR count). The number of aromatic nitrogens is 2. The number of carboxylic acid groups (broad SMARTS) is 1. The number of esters is 1. The number of carboxylic acids is 1. The summed E-state index contributed by atoms with van der Waals surface area (Å²) in [6.07, 6.45) is -1.38. The highest BCUT2D eigenvalue weighted by Gasteiger charge is 2.29. The van der Waals surface area contributed by atoms with Crippen LogP contribution >= 0.6 is 23.2 Å².